The molecule has 1 N–H and O–H groups in total. The smallest absolute Gasteiger partial charge is 0.00104 e. The van der Waals surface area contributed by atoms with Crippen LogP contribution in [0.1, 0.15) is 52.9 Å². The molecule has 13 heavy (non-hydrogen) atoms. The fourth-order valence-corrected chi connectivity index (χ4v) is 2.14. The van der Waals surface area contributed by atoms with Crippen molar-refractivity contribution in [3.05, 3.63) is 0 Å². The summed E-state index contributed by atoms with van der Waals surface area (Å²) in [4.78, 5) is 0. The molecule has 0 aromatic carbocycles. The standard InChI is InChI=1S/C12H25N/c1-4-5-6-11-7-8-12(11)9-13-10(2)3/h10-13H,4-9H2,1-3H3. The summed E-state index contributed by atoms with van der Waals surface area (Å²) in [6, 6.07) is 0.660. The predicted octanol–water partition coefficient (Wildman–Crippen LogP) is 3.20. The summed E-state index contributed by atoms with van der Waals surface area (Å²) in [6.07, 6.45) is 7.23. The van der Waals surface area contributed by atoms with E-state index in [1.807, 2.05) is 0 Å². The first-order valence-electron chi connectivity index (χ1n) is 5.97. The van der Waals surface area contributed by atoms with E-state index in [2.05, 4.69) is 26.1 Å². The summed E-state index contributed by atoms with van der Waals surface area (Å²) < 4.78 is 0. The van der Waals surface area contributed by atoms with E-state index in [1.54, 1.807) is 0 Å². The van der Waals surface area contributed by atoms with E-state index in [1.165, 1.54) is 38.6 Å². The van der Waals surface area contributed by atoms with E-state index >= 15 is 0 Å². The van der Waals surface area contributed by atoms with E-state index in [4.69, 9.17) is 0 Å². The molecule has 2 atom stereocenters. The van der Waals surface area contributed by atoms with Gasteiger partial charge >= 0.3 is 0 Å². The van der Waals surface area contributed by atoms with E-state index < -0.39 is 0 Å². The summed E-state index contributed by atoms with van der Waals surface area (Å²) in [6.45, 7) is 8.02. The van der Waals surface area contributed by atoms with Gasteiger partial charge in [0.05, 0.1) is 0 Å². The molecule has 0 spiro atoms. The van der Waals surface area contributed by atoms with Crippen molar-refractivity contribution in [3.8, 4) is 0 Å². The Labute approximate surface area is 83.3 Å². The molecule has 1 nitrogen and oxygen atoms in total. The molecule has 0 saturated heterocycles. The van der Waals surface area contributed by atoms with Crippen LogP contribution in [-0.4, -0.2) is 12.6 Å². The van der Waals surface area contributed by atoms with Crippen LogP contribution in [0.4, 0.5) is 0 Å². The molecular weight excluding hydrogens is 158 g/mol. The van der Waals surface area contributed by atoms with Crippen LogP contribution in [0.5, 0.6) is 0 Å². The van der Waals surface area contributed by atoms with Crippen molar-refractivity contribution in [2.75, 3.05) is 6.54 Å². The fraction of sp³-hybridized carbons (Fsp3) is 1.00. The average molecular weight is 183 g/mol. The molecule has 1 heteroatoms. The first-order chi connectivity index (χ1) is 6.24. The summed E-state index contributed by atoms with van der Waals surface area (Å²) in [5.41, 5.74) is 0. The lowest BCUT2D eigenvalue weighted by molar-refractivity contribution is 0.154. The highest BCUT2D eigenvalue weighted by atomic mass is 14.9. The number of nitrogens with one attached hydrogen (secondary N) is 1. The van der Waals surface area contributed by atoms with Crippen molar-refractivity contribution < 1.29 is 0 Å². The molecule has 2 unspecified atom stereocenters. The maximum atomic E-state index is 3.55. The Bertz CT molecular complexity index is 131. The zero-order valence-electron chi connectivity index (χ0n) is 9.47. The second-order valence-electron chi connectivity index (χ2n) is 4.80. The molecule has 1 saturated carbocycles. The van der Waals surface area contributed by atoms with Gasteiger partial charge in [-0.15, -0.1) is 0 Å². The highest BCUT2D eigenvalue weighted by Gasteiger charge is 2.29. The summed E-state index contributed by atoms with van der Waals surface area (Å²) >= 11 is 0. The fourth-order valence-electron chi connectivity index (χ4n) is 2.14. The molecule has 1 fully saturated rings. The lowest BCUT2D eigenvalue weighted by Crippen LogP contribution is -2.37. The highest BCUT2D eigenvalue weighted by Crippen LogP contribution is 2.37. The van der Waals surface area contributed by atoms with Gasteiger partial charge in [0, 0.05) is 6.04 Å². The zero-order valence-corrected chi connectivity index (χ0v) is 9.47. The predicted molar refractivity (Wildman–Crippen MR) is 58.9 cm³/mol. The minimum absolute atomic E-state index is 0.660. The molecule has 0 aliphatic heterocycles. The van der Waals surface area contributed by atoms with Gasteiger partial charge in [-0.2, -0.15) is 0 Å². The molecule has 1 aliphatic carbocycles. The Morgan fingerprint density at radius 2 is 1.92 bits per heavy atom. The normalized spacial score (nSPS) is 27.7. The first kappa shape index (κ1) is 11.0. The third-order valence-corrected chi connectivity index (χ3v) is 3.29. The highest BCUT2D eigenvalue weighted by molar-refractivity contribution is 4.82. The summed E-state index contributed by atoms with van der Waals surface area (Å²) in [5.74, 6) is 2.04. The largest absolute Gasteiger partial charge is 0.314 e. The van der Waals surface area contributed by atoms with E-state index in [-0.39, 0.29) is 0 Å². The Morgan fingerprint density at radius 3 is 2.38 bits per heavy atom. The summed E-state index contributed by atoms with van der Waals surface area (Å²) in [5, 5.41) is 3.55. The Kier molecular flexibility index (Phi) is 4.79. The number of rotatable bonds is 6. The maximum absolute atomic E-state index is 3.55. The Balaban J connectivity index is 2.06. The molecule has 0 aromatic rings. The molecule has 1 aliphatic rings. The van der Waals surface area contributed by atoms with Gasteiger partial charge in [0.15, 0.2) is 0 Å². The molecule has 0 amide bonds. The monoisotopic (exact) mass is 183 g/mol. The maximum Gasteiger partial charge on any atom is 0.00104 e. The van der Waals surface area contributed by atoms with Gasteiger partial charge in [-0.05, 0) is 31.2 Å². The van der Waals surface area contributed by atoms with Gasteiger partial charge in [0.25, 0.3) is 0 Å². The van der Waals surface area contributed by atoms with Gasteiger partial charge < -0.3 is 5.32 Å². The Hall–Kier alpha value is -0.0400. The van der Waals surface area contributed by atoms with Gasteiger partial charge in [0.2, 0.25) is 0 Å². The van der Waals surface area contributed by atoms with E-state index in [9.17, 15) is 0 Å². The van der Waals surface area contributed by atoms with Crippen LogP contribution < -0.4 is 5.32 Å². The van der Waals surface area contributed by atoms with Crippen molar-refractivity contribution in [3.63, 3.8) is 0 Å². The molecule has 0 aromatic heterocycles. The van der Waals surface area contributed by atoms with Crippen LogP contribution in [0.2, 0.25) is 0 Å². The minimum Gasteiger partial charge on any atom is -0.314 e. The molecule has 0 radical (unpaired) electrons. The van der Waals surface area contributed by atoms with Crippen LogP contribution in [0.15, 0.2) is 0 Å². The first-order valence-corrected chi connectivity index (χ1v) is 5.97. The average Bonchev–Trinajstić information content (AvgIpc) is 2.03. The second kappa shape index (κ2) is 5.64. The van der Waals surface area contributed by atoms with Crippen LogP contribution in [0.3, 0.4) is 0 Å². The van der Waals surface area contributed by atoms with E-state index in [0.29, 0.717) is 6.04 Å². The van der Waals surface area contributed by atoms with Crippen molar-refractivity contribution in [1.82, 2.24) is 5.32 Å². The van der Waals surface area contributed by atoms with Gasteiger partial charge in [0.1, 0.15) is 0 Å². The Morgan fingerprint density at radius 1 is 1.23 bits per heavy atom. The van der Waals surface area contributed by atoms with Crippen LogP contribution in [-0.2, 0) is 0 Å². The molecular formula is C12H25N. The van der Waals surface area contributed by atoms with Crippen molar-refractivity contribution >= 4 is 0 Å². The third-order valence-electron chi connectivity index (χ3n) is 3.29. The molecule has 1 rings (SSSR count). The second-order valence-corrected chi connectivity index (χ2v) is 4.80. The van der Waals surface area contributed by atoms with Gasteiger partial charge in [-0.3, -0.25) is 0 Å². The lowest BCUT2D eigenvalue weighted by atomic mass is 9.71. The van der Waals surface area contributed by atoms with Crippen molar-refractivity contribution in [2.24, 2.45) is 11.8 Å². The lowest BCUT2D eigenvalue weighted by Gasteiger charge is -2.37. The summed E-state index contributed by atoms with van der Waals surface area (Å²) in [7, 11) is 0. The van der Waals surface area contributed by atoms with E-state index in [0.717, 1.165) is 11.8 Å². The quantitative estimate of drug-likeness (QED) is 0.667. The van der Waals surface area contributed by atoms with Crippen LogP contribution >= 0.6 is 0 Å². The topological polar surface area (TPSA) is 12.0 Å². The van der Waals surface area contributed by atoms with Crippen LogP contribution in [0.25, 0.3) is 0 Å². The zero-order chi connectivity index (χ0) is 9.68. The van der Waals surface area contributed by atoms with Gasteiger partial charge in [-0.25, -0.2) is 0 Å². The number of hydrogen-bond acceptors (Lipinski definition) is 1. The number of hydrogen-bond donors (Lipinski definition) is 1. The molecule has 0 heterocycles. The van der Waals surface area contributed by atoms with Crippen LogP contribution in [0, 0.1) is 11.8 Å². The SMILES string of the molecule is CCCCC1CCC1CNC(C)C. The third kappa shape index (κ3) is 3.68. The van der Waals surface area contributed by atoms with Crippen molar-refractivity contribution in [2.45, 2.75) is 58.9 Å². The molecule has 0 bridgehead atoms. The number of unbranched alkanes of at least 4 members (excludes halogenated alkanes) is 1. The van der Waals surface area contributed by atoms with Crippen molar-refractivity contribution in [1.29, 1.82) is 0 Å². The minimum atomic E-state index is 0.660. The van der Waals surface area contributed by atoms with Gasteiger partial charge in [-0.1, -0.05) is 40.0 Å². The molecule has 78 valence electrons.